The van der Waals surface area contributed by atoms with Crippen LogP contribution in [-0.2, 0) is 0 Å². The van der Waals surface area contributed by atoms with Crippen LogP contribution in [0.1, 0.15) is 18.5 Å². The summed E-state index contributed by atoms with van der Waals surface area (Å²) in [7, 11) is 0. The first-order chi connectivity index (χ1) is 6.18. The van der Waals surface area contributed by atoms with E-state index in [1.807, 2.05) is 13.0 Å². The first kappa shape index (κ1) is 8.13. The van der Waals surface area contributed by atoms with Crippen LogP contribution in [-0.4, -0.2) is 5.11 Å². The molecule has 1 aromatic heterocycles. The van der Waals surface area contributed by atoms with E-state index in [1.54, 1.807) is 18.4 Å². The van der Waals surface area contributed by atoms with Crippen molar-refractivity contribution >= 4 is 11.0 Å². The highest BCUT2D eigenvalue weighted by Gasteiger charge is 2.09. The molecule has 0 saturated carbocycles. The Bertz CT molecular complexity index is 431. The number of nitrogens with two attached hydrogens (primary N) is 1. The molecule has 0 aliphatic heterocycles. The number of aromatic hydroxyl groups is 1. The molecular weight excluding hydrogens is 166 g/mol. The number of rotatable bonds is 1. The van der Waals surface area contributed by atoms with E-state index in [1.165, 1.54) is 0 Å². The molecule has 3 nitrogen and oxygen atoms in total. The number of benzene rings is 1. The van der Waals surface area contributed by atoms with Gasteiger partial charge in [0.2, 0.25) is 0 Å². The molecule has 0 saturated heterocycles. The zero-order valence-electron chi connectivity index (χ0n) is 7.32. The predicted octanol–water partition coefficient (Wildman–Crippen LogP) is 2.16. The summed E-state index contributed by atoms with van der Waals surface area (Å²) >= 11 is 0. The second kappa shape index (κ2) is 2.78. The molecule has 2 aromatic rings. The predicted molar refractivity (Wildman–Crippen MR) is 50.5 cm³/mol. The first-order valence-electron chi connectivity index (χ1n) is 4.14. The van der Waals surface area contributed by atoms with Crippen molar-refractivity contribution in [3.8, 4) is 5.75 Å². The van der Waals surface area contributed by atoms with E-state index in [2.05, 4.69) is 0 Å². The summed E-state index contributed by atoms with van der Waals surface area (Å²) in [5.41, 5.74) is 7.38. The van der Waals surface area contributed by atoms with Gasteiger partial charge < -0.3 is 15.3 Å². The Kier molecular flexibility index (Phi) is 1.74. The molecule has 1 heterocycles. The van der Waals surface area contributed by atoms with Crippen LogP contribution >= 0.6 is 0 Å². The van der Waals surface area contributed by atoms with Crippen molar-refractivity contribution in [2.75, 3.05) is 0 Å². The second-order valence-electron chi connectivity index (χ2n) is 3.16. The molecule has 0 radical (unpaired) electrons. The Balaban J connectivity index is 2.69. The number of furan rings is 1. The fraction of sp³-hybridized carbons (Fsp3) is 0.200. The zero-order chi connectivity index (χ0) is 9.42. The maximum Gasteiger partial charge on any atom is 0.137 e. The van der Waals surface area contributed by atoms with Gasteiger partial charge in [-0.2, -0.15) is 0 Å². The molecule has 1 unspecified atom stereocenters. The van der Waals surface area contributed by atoms with Crippen LogP contribution in [0.5, 0.6) is 5.75 Å². The Hall–Kier alpha value is -1.48. The van der Waals surface area contributed by atoms with Crippen molar-refractivity contribution < 1.29 is 9.52 Å². The first-order valence-corrected chi connectivity index (χ1v) is 4.14. The quantitative estimate of drug-likeness (QED) is 0.701. The topological polar surface area (TPSA) is 59.4 Å². The average molecular weight is 177 g/mol. The van der Waals surface area contributed by atoms with Crippen LogP contribution in [0.25, 0.3) is 11.0 Å². The van der Waals surface area contributed by atoms with Crippen LogP contribution in [0, 0.1) is 0 Å². The van der Waals surface area contributed by atoms with E-state index in [0.29, 0.717) is 5.58 Å². The Morgan fingerprint density at radius 1 is 1.46 bits per heavy atom. The van der Waals surface area contributed by atoms with Gasteiger partial charge in [0, 0.05) is 23.1 Å². The molecule has 3 N–H and O–H groups in total. The van der Waals surface area contributed by atoms with E-state index < -0.39 is 0 Å². The van der Waals surface area contributed by atoms with Crippen LogP contribution in [0.15, 0.2) is 28.9 Å². The summed E-state index contributed by atoms with van der Waals surface area (Å²) in [6, 6.07) is 4.98. The van der Waals surface area contributed by atoms with Crippen molar-refractivity contribution in [2.24, 2.45) is 5.73 Å². The van der Waals surface area contributed by atoms with Crippen molar-refractivity contribution in [3.63, 3.8) is 0 Å². The highest BCUT2D eigenvalue weighted by Crippen LogP contribution is 2.27. The Labute approximate surface area is 75.8 Å². The summed E-state index contributed by atoms with van der Waals surface area (Å²) in [4.78, 5) is 0. The standard InChI is InChI=1S/C10H11NO2/c1-6(11)9-5-13-10-4-7(12)2-3-8(9)10/h2-6,12H,11H2,1H3. The van der Waals surface area contributed by atoms with Crippen LogP contribution in [0.3, 0.4) is 0 Å². The van der Waals surface area contributed by atoms with Gasteiger partial charge in [0.05, 0.1) is 6.26 Å². The molecule has 0 amide bonds. The van der Waals surface area contributed by atoms with Crippen LogP contribution in [0.2, 0.25) is 0 Å². The third kappa shape index (κ3) is 1.27. The minimum absolute atomic E-state index is 0.0502. The van der Waals surface area contributed by atoms with Crippen molar-refractivity contribution in [1.29, 1.82) is 0 Å². The summed E-state index contributed by atoms with van der Waals surface area (Å²) in [5, 5.41) is 10.2. The van der Waals surface area contributed by atoms with Gasteiger partial charge in [0.15, 0.2) is 0 Å². The van der Waals surface area contributed by atoms with Gasteiger partial charge in [-0.25, -0.2) is 0 Å². The molecule has 0 fully saturated rings. The van der Waals surface area contributed by atoms with Gasteiger partial charge >= 0.3 is 0 Å². The summed E-state index contributed by atoms with van der Waals surface area (Å²) in [6.07, 6.45) is 1.63. The number of phenols is 1. The average Bonchev–Trinajstić information content (AvgIpc) is 2.46. The maximum atomic E-state index is 9.19. The largest absolute Gasteiger partial charge is 0.508 e. The van der Waals surface area contributed by atoms with Crippen molar-refractivity contribution in [3.05, 3.63) is 30.0 Å². The number of fused-ring (bicyclic) bond motifs is 1. The van der Waals surface area contributed by atoms with Crippen LogP contribution in [0.4, 0.5) is 0 Å². The van der Waals surface area contributed by atoms with E-state index in [-0.39, 0.29) is 11.8 Å². The van der Waals surface area contributed by atoms with Gasteiger partial charge in [0.25, 0.3) is 0 Å². The Morgan fingerprint density at radius 2 is 2.23 bits per heavy atom. The lowest BCUT2D eigenvalue weighted by atomic mass is 10.1. The minimum Gasteiger partial charge on any atom is -0.508 e. The smallest absolute Gasteiger partial charge is 0.137 e. The number of hydrogen-bond acceptors (Lipinski definition) is 3. The fourth-order valence-electron chi connectivity index (χ4n) is 1.39. The molecule has 0 bridgehead atoms. The molecule has 2 rings (SSSR count). The molecule has 0 aliphatic rings. The Morgan fingerprint density at radius 3 is 2.92 bits per heavy atom. The highest BCUT2D eigenvalue weighted by molar-refractivity contribution is 5.82. The maximum absolute atomic E-state index is 9.19. The third-order valence-corrected chi connectivity index (χ3v) is 2.08. The summed E-state index contributed by atoms with van der Waals surface area (Å²) < 4.78 is 5.25. The van der Waals surface area contributed by atoms with Crippen LogP contribution < -0.4 is 5.73 Å². The molecular formula is C10H11NO2. The van der Waals surface area contributed by atoms with Crippen molar-refractivity contribution in [2.45, 2.75) is 13.0 Å². The number of hydrogen-bond donors (Lipinski definition) is 2. The molecule has 68 valence electrons. The molecule has 0 spiro atoms. The zero-order valence-corrected chi connectivity index (χ0v) is 7.32. The van der Waals surface area contributed by atoms with Crippen molar-refractivity contribution in [1.82, 2.24) is 0 Å². The second-order valence-corrected chi connectivity index (χ2v) is 3.16. The summed E-state index contributed by atoms with van der Waals surface area (Å²) in [6.45, 7) is 1.90. The monoisotopic (exact) mass is 177 g/mol. The van der Waals surface area contributed by atoms with Gasteiger partial charge in [-0.05, 0) is 19.1 Å². The van der Waals surface area contributed by atoms with Gasteiger partial charge in [-0.3, -0.25) is 0 Å². The third-order valence-electron chi connectivity index (χ3n) is 2.08. The van der Waals surface area contributed by atoms with Gasteiger partial charge in [-0.15, -0.1) is 0 Å². The van der Waals surface area contributed by atoms with E-state index in [4.69, 9.17) is 10.2 Å². The number of phenolic OH excluding ortho intramolecular Hbond substituents is 1. The molecule has 1 aromatic carbocycles. The molecule has 13 heavy (non-hydrogen) atoms. The molecule has 0 aliphatic carbocycles. The molecule has 3 heteroatoms. The van der Waals surface area contributed by atoms with Gasteiger partial charge in [-0.1, -0.05) is 0 Å². The lowest BCUT2D eigenvalue weighted by molar-refractivity contribution is 0.474. The highest BCUT2D eigenvalue weighted by atomic mass is 16.3. The fourth-order valence-corrected chi connectivity index (χ4v) is 1.39. The normalized spacial score (nSPS) is 13.4. The van der Waals surface area contributed by atoms with E-state index in [9.17, 15) is 5.11 Å². The van der Waals surface area contributed by atoms with E-state index >= 15 is 0 Å². The minimum atomic E-state index is -0.0502. The van der Waals surface area contributed by atoms with Gasteiger partial charge in [0.1, 0.15) is 11.3 Å². The molecule has 1 atom stereocenters. The lowest BCUT2D eigenvalue weighted by Gasteiger charge is -2.00. The SMILES string of the molecule is CC(N)c1coc2cc(O)ccc12. The summed E-state index contributed by atoms with van der Waals surface area (Å²) in [5.74, 6) is 0.207. The lowest BCUT2D eigenvalue weighted by Crippen LogP contribution is -2.03. The van der Waals surface area contributed by atoms with E-state index in [0.717, 1.165) is 10.9 Å².